The van der Waals surface area contributed by atoms with Crippen LogP contribution in [0.15, 0.2) is 12.2 Å². The van der Waals surface area contributed by atoms with E-state index in [9.17, 15) is 4.79 Å². The van der Waals surface area contributed by atoms with Crippen LogP contribution in [0.1, 0.15) is 26.2 Å². The van der Waals surface area contributed by atoms with Crippen molar-refractivity contribution in [1.82, 2.24) is 10.2 Å². The van der Waals surface area contributed by atoms with Gasteiger partial charge >= 0.3 is 6.03 Å². The van der Waals surface area contributed by atoms with Gasteiger partial charge in [0.1, 0.15) is 0 Å². The number of urea groups is 1. The molecule has 0 bridgehead atoms. The molecule has 0 atom stereocenters. The molecule has 0 unspecified atom stereocenters. The van der Waals surface area contributed by atoms with Crippen molar-refractivity contribution in [2.45, 2.75) is 32.2 Å². The van der Waals surface area contributed by atoms with Crippen molar-refractivity contribution >= 4 is 6.03 Å². The molecule has 0 aromatic heterocycles. The van der Waals surface area contributed by atoms with Gasteiger partial charge in [-0.3, -0.25) is 0 Å². The van der Waals surface area contributed by atoms with Crippen molar-refractivity contribution in [3.05, 3.63) is 12.2 Å². The Morgan fingerprint density at radius 1 is 1.62 bits per heavy atom. The van der Waals surface area contributed by atoms with Crippen molar-refractivity contribution in [3.8, 4) is 0 Å². The van der Waals surface area contributed by atoms with Gasteiger partial charge in [-0.05, 0) is 26.2 Å². The maximum atomic E-state index is 11.5. The lowest BCUT2D eigenvalue weighted by Gasteiger charge is -2.29. The third kappa shape index (κ3) is 3.09. The first-order valence-corrected chi connectivity index (χ1v) is 4.75. The van der Waals surface area contributed by atoms with Crippen LogP contribution in [0, 0.1) is 0 Å². The first-order chi connectivity index (χ1) is 6.09. The minimum absolute atomic E-state index is 0.0210. The van der Waals surface area contributed by atoms with Gasteiger partial charge in [-0.15, -0.1) is 0 Å². The Balaban J connectivity index is 2.24. The molecule has 1 aliphatic rings. The van der Waals surface area contributed by atoms with E-state index in [1.165, 1.54) is 6.42 Å². The minimum atomic E-state index is 0.0210. The van der Waals surface area contributed by atoms with E-state index in [4.69, 9.17) is 0 Å². The van der Waals surface area contributed by atoms with Crippen LogP contribution in [0.4, 0.5) is 4.79 Å². The van der Waals surface area contributed by atoms with Gasteiger partial charge in [-0.25, -0.2) is 4.79 Å². The van der Waals surface area contributed by atoms with Crippen LogP contribution in [0.2, 0.25) is 0 Å². The average molecular weight is 182 g/mol. The molecule has 1 aliphatic carbocycles. The van der Waals surface area contributed by atoms with Gasteiger partial charge in [0.05, 0.1) is 0 Å². The molecule has 13 heavy (non-hydrogen) atoms. The van der Waals surface area contributed by atoms with E-state index >= 15 is 0 Å². The first kappa shape index (κ1) is 10.1. The van der Waals surface area contributed by atoms with Crippen LogP contribution in [-0.2, 0) is 0 Å². The van der Waals surface area contributed by atoms with E-state index in [1.54, 1.807) is 11.9 Å². The van der Waals surface area contributed by atoms with E-state index in [2.05, 4.69) is 11.9 Å². The third-order valence-corrected chi connectivity index (χ3v) is 2.29. The number of carbonyl (C=O) groups excluding carboxylic acids is 1. The van der Waals surface area contributed by atoms with E-state index in [1.807, 2.05) is 6.92 Å². The summed E-state index contributed by atoms with van der Waals surface area (Å²) >= 11 is 0. The van der Waals surface area contributed by atoms with Crippen LogP contribution in [0.5, 0.6) is 0 Å². The highest BCUT2D eigenvalue weighted by molar-refractivity contribution is 5.74. The number of rotatable bonds is 3. The van der Waals surface area contributed by atoms with Crippen LogP contribution < -0.4 is 5.32 Å². The fraction of sp³-hybridized carbons (Fsp3) is 0.700. The Kier molecular flexibility index (Phi) is 3.34. The maximum absolute atomic E-state index is 11.5. The van der Waals surface area contributed by atoms with Crippen molar-refractivity contribution < 1.29 is 4.79 Å². The summed E-state index contributed by atoms with van der Waals surface area (Å²) in [6.07, 6.45) is 3.51. The zero-order valence-electron chi connectivity index (χ0n) is 8.47. The summed E-state index contributed by atoms with van der Waals surface area (Å²) < 4.78 is 0. The van der Waals surface area contributed by atoms with Gasteiger partial charge in [0.15, 0.2) is 0 Å². The maximum Gasteiger partial charge on any atom is 0.317 e. The molecule has 3 nitrogen and oxygen atoms in total. The highest BCUT2D eigenvalue weighted by Gasteiger charge is 2.20. The molecule has 0 aromatic rings. The summed E-state index contributed by atoms with van der Waals surface area (Å²) in [4.78, 5) is 13.1. The highest BCUT2D eigenvalue weighted by atomic mass is 16.2. The standard InChI is InChI=1S/C10H18N2O/c1-8(2)7-12(3)10(13)11-9-5-4-6-9/h9H,1,4-7H2,2-3H3,(H,11,13). The molecule has 1 rings (SSSR count). The van der Waals surface area contributed by atoms with Gasteiger partial charge < -0.3 is 10.2 Å². The molecule has 0 radical (unpaired) electrons. The third-order valence-electron chi connectivity index (χ3n) is 2.29. The molecule has 0 heterocycles. The van der Waals surface area contributed by atoms with E-state index < -0.39 is 0 Å². The topological polar surface area (TPSA) is 32.3 Å². The molecule has 1 N–H and O–H groups in total. The van der Waals surface area contributed by atoms with Crippen LogP contribution in [0.25, 0.3) is 0 Å². The minimum Gasteiger partial charge on any atom is -0.335 e. The highest BCUT2D eigenvalue weighted by Crippen LogP contribution is 2.18. The van der Waals surface area contributed by atoms with Gasteiger partial charge in [0, 0.05) is 19.6 Å². The fourth-order valence-corrected chi connectivity index (χ4v) is 1.31. The van der Waals surface area contributed by atoms with Crippen molar-refractivity contribution in [1.29, 1.82) is 0 Å². The smallest absolute Gasteiger partial charge is 0.317 e. The SMILES string of the molecule is C=C(C)CN(C)C(=O)NC1CCC1. The molecular weight excluding hydrogens is 164 g/mol. The molecule has 0 spiro atoms. The zero-order valence-corrected chi connectivity index (χ0v) is 8.47. The van der Waals surface area contributed by atoms with Crippen LogP contribution >= 0.6 is 0 Å². The lowest BCUT2D eigenvalue weighted by molar-refractivity contribution is 0.200. The van der Waals surface area contributed by atoms with Gasteiger partial charge in [-0.1, -0.05) is 12.2 Å². The quantitative estimate of drug-likeness (QED) is 0.663. The Labute approximate surface area is 79.8 Å². The Morgan fingerprint density at radius 2 is 2.23 bits per heavy atom. The summed E-state index contributed by atoms with van der Waals surface area (Å²) in [6, 6.07) is 0.438. The van der Waals surface area contributed by atoms with Crippen molar-refractivity contribution in [2.24, 2.45) is 0 Å². The number of likely N-dealkylation sites (N-methyl/N-ethyl adjacent to an activating group) is 1. The molecule has 74 valence electrons. The molecule has 3 heteroatoms. The van der Waals surface area contributed by atoms with E-state index in [0.29, 0.717) is 12.6 Å². The molecule has 2 amide bonds. The molecule has 0 saturated heterocycles. The van der Waals surface area contributed by atoms with Gasteiger partial charge in [0.2, 0.25) is 0 Å². The molecule has 0 aliphatic heterocycles. The van der Waals surface area contributed by atoms with Crippen LogP contribution in [0.3, 0.4) is 0 Å². The van der Waals surface area contributed by atoms with Gasteiger partial charge in [-0.2, -0.15) is 0 Å². The second-order valence-corrected chi connectivity index (χ2v) is 3.89. The molecular formula is C10H18N2O. The normalized spacial score (nSPS) is 16.2. The predicted molar refractivity (Wildman–Crippen MR) is 53.6 cm³/mol. The number of hydrogen-bond donors (Lipinski definition) is 1. The zero-order chi connectivity index (χ0) is 9.84. The van der Waals surface area contributed by atoms with Crippen molar-refractivity contribution in [3.63, 3.8) is 0 Å². The molecule has 1 fully saturated rings. The first-order valence-electron chi connectivity index (χ1n) is 4.75. The fourth-order valence-electron chi connectivity index (χ4n) is 1.31. The summed E-state index contributed by atoms with van der Waals surface area (Å²) in [5, 5.41) is 2.97. The second kappa shape index (κ2) is 4.30. The van der Waals surface area contributed by atoms with Crippen LogP contribution in [-0.4, -0.2) is 30.6 Å². The number of hydrogen-bond acceptors (Lipinski definition) is 1. The monoisotopic (exact) mass is 182 g/mol. The molecule has 1 saturated carbocycles. The van der Waals surface area contributed by atoms with Crippen molar-refractivity contribution in [2.75, 3.05) is 13.6 Å². The Hall–Kier alpha value is -0.990. The predicted octanol–water partition coefficient (Wildman–Crippen LogP) is 1.76. The summed E-state index contributed by atoms with van der Waals surface area (Å²) in [7, 11) is 1.79. The number of nitrogens with one attached hydrogen (secondary N) is 1. The van der Waals surface area contributed by atoms with Gasteiger partial charge in [0.25, 0.3) is 0 Å². The second-order valence-electron chi connectivity index (χ2n) is 3.89. The van der Waals surface area contributed by atoms with E-state index in [0.717, 1.165) is 18.4 Å². The Morgan fingerprint density at radius 3 is 2.62 bits per heavy atom. The number of nitrogens with zero attached hydrogens (tertiary/aromatic N) is 1. The summed E-state index contributed by atoms with van der Waals surface area (Å²) in [5.41, 5.74) is 1.01. The lowest BCUT2D eigenvalue weighted by atomic mass is 9.93. The summed E-state index contributed by atoms with van der Waals surface area (Å²) in [6.45, 7) is 6.33. The average Bonchev–Trinajstić information content (AvgIpc) is 1.94. The Bertz CT molecular complexity index is 209. The molecule has 0 aromatic carbocycles. The summed E-state index contributed by atoms with van der Waals surface area (Å²) in [5.74, 6) is 0. The van der Waals surface area contributed by atoms with E-state index in [-0.39, 0.29) is 6.03 Å². The number of carbonyl (C=O) groups is 1. The lowest BCUT2D eigenvalue weighted by Crippen LogP contribution is -2.46. The number of amides is 2. The largest absolute Gasteiger partial charge is 0.335 e.